The highest BCUT2D eigenvalue weighted by Gasteiger charge is 2.46. The van der Waals surface area contributed by atoms with Crippen molar-refractivity contribution >= 4 is 23.1 Å². The quantitative estimate of drug-likeness (QED) is 0.412. The maximum absolute atomic E-state index is 13.3. The summed E-state index contributed by atoms with van der Waals surface area (Å²) in [6, 6.07) is 15.6. The van der Waals surface area contributed by atoms with E-state index >= 15 is 0 Å². The minimum atomic E-state index is -0.911. The van der Waals surface area contributed by atoms with Crippen molar-refractivity contribution in [3.63, 3.8) is 0 Å². The summed E-state index contributed by atoms with van der Waals surface area (Å²) in [5.74, 6) is -2.56. The largest absolute Gasteiger partial charge is 0.507 e. The van der Waals surface area contributed by atoms with Gasteiger partial charge in [-0.1, -0.05) is 0 Å². The van der Waals surface area contributed by atoms with Crippen LogP contribution in [0.4, 0.5) is 10.1 Å². The standard InChI is InChI=1S/C23H14FN3O3/c24-17-5-3-16(4-6-17)21(28)19-20(15-9-11-26-12-10-15)27(23(30)22(19)29)18-7-1-14(13-25)2-8-18/h1-12,20,28H/b21-19-. The average molecular weight is 399 g/mol. The summed E-state index contributed by atoms with van der Waals surface area (Å²) in [6.07, 6.45) is 3.04. The number of carbonyl (C=O) groups is 2. The normalized spacial score (nSPS) is 17.7. The molecular weight excluding hydrogens is 385 g/mol. The van der Waals surface area contributed by atoms with E-state index in [4.69, 9.17) is 5.26 Å². The number of pyridine rings is 1. The average Bonchev–Trinajstić information content (AvgIpc) is 3.05. The molecule has 1 aliphatic heterocycles. The first kappa shape index (κ1) is 19.0. The summed E-state index contributed by atoms with van der Waals surface area (Å²) >= 11 is 0. The Bertz CT molecular complexity index is 1200. The van der Waals surface area contributed by atoms with Crippen molar-refractivity contribution < 1.29 is 19.1 Å². The number of aromatic nitrogens is 1. The van der Waals surface area contributed by atoms with Crippen LogP contribution in [0.1, 0.15) is 22.7 Å². The Hall–Kier alpha value is -4.31. The molecule has 0 radical (unpaired) electrons. The molecule has 4 rings (SSSR count). The van der Waals surface area contributed by atoms with E-state index in [2.05, 4.69) is 4.98 Å². The van der Waals surface area contributed by atoms with Gasteiger partial charge in [0.2, 0.25) is 0 Å². The monoisotopic (exact) mass is 399 g/mol. The molecule has 30 heavy (non-hydrogen) atoms. The summed E-state index contributed by atoms with van der Waals surface area (Å²) < 4.78 is 13.3. The van der Waals surface area contributed by atoms with Crippen molar-refractivity contribution in [2.75, 3.05) is 4.90 Å². The van der Waals surface area contributed by atoms with E-state index in [1.54, 1.807) is 24.3 Å². The second kappa shape index (κ2) is 7.60. The Morgan fingerprint density at radius 3 is 2.23 bits per heavy atom. The zero-order valence-corrected chi connectivity index (χ0v) is 15.5. The van der Waals surface area contributed by atoms with Crippen LogP contribution in [0.2, 0.25) is 0 Å². The molecular formula is C23H14FN3O3. The minimum Gasteiger partial charge on any atom is -0.507 e. The van der Waals surface area contributed by atoms with Crippen molar-refractivity contribution in [3.05, 3.63) is 101 Å². The lowest BCUT2D eigenvalue weighted by Gasteiger charge is -2.25. The van der Waals surface area contributed by atoms with Crippen LogP contribution in [-0.4, -0.2) is 21.8 Å². The van der Waals surface area contributed by atoms with Crippen LogP contribution in [0, 0.1) is 17.1 Å². The number of aliphatic hydroxyl groups excluding tert-OH is 1. The molecule has 7 heteroatoms. The molecule has 2 heterocycles. The summed E-state index contributed by atoms with van der Waals surface area (Å²) in [4.78, 5) is 31.1. The molecule has 6 nitrogen and oxygen atoms in total. The van der Waals surface area contributed by atoms with Gasteiger partial charge in [-0.25, -0.2) is 4.39 Å². The van der Waals surface area contributed by atoms with Gasteiger partial charge in [0, 0.05) is 23.6 Å². The lowest BCUT2D eigenvalue weighted by molar-refractivity contribution is -0.132. The fraction of sp³-hybridized carbons (Fsp3) is 0.0435. The molecule has 1 aliphatic rings. The Labute approximate surface area is 171 Å². The number of ketones is 1. The van der Waals surface area contributed by atoms with Gasteiger partial charge < -0.3 is 5.11 Å². The molecule has 1 aromatic heterocycles. The number of amides is 1. The number of hydrogen-bond donors (Lipinski definition) is 1. The number of aliphatic hydroxyl groups is 1. The van der Waals surface area contributed by atoms with Crippen LogP contribution in [0.3, 0.4) is 0 Å². The van der Waals surface area contributed by atoms with Crippen molar-refractivity contribution in [3.8, 4) is 6.07 Å². The van der Waals surface area contributed by atoms with E-state index < -0.39 is 29.3 Å². The molecule has 0 bridgehead atoms. The van der Waals surface area contributed by atoms with Crippen LogP contribution < -0.4 is 4.90 Å². The Morgan fingerprint density at radius 1 is 1.00 bits per heavy atom. The zero-order valence-electron chi connectivity index (χ0n) is 15.5. The van der Waals surface area contributed by atoms with E-state index in [1.807, 2.05) is 6.07 Å². The summed E-state index contributed by atoms with van der Waals surface area (Å²) in [6.45, 7) is 0. The third kappa shape index (κ3) is 3.20. The molecule has 0 spiro atoms. The molecule has 1 unspecified atom stereocenters. The van der Waals surface area contributed by atoms with E-state index in [0.29, 0.717) is 16.8 Å². The second-order valence-electron chi connectivity index (χ2n) is 6.62. The molecule has 1 amide bonds. The number of Topliss-reactive ketones (excluding diaryl/α,β-unsaturated/α-hetero) is 1. The highest BCUT2D eigenvalue weighted by molar-refractivity contribution is 6.51. The molecule has 1 fully saturated rings. The Morgan fingerprint density at radius 2 is 1.63 bits per heavy atom. The molecule has 0 aliphatic carbocycles. The maximum atomic E-state index is 13.3. The third-order valence-corrected chi connectivity index (χ3v) is 4.86. The van der Waals surface area contributed by atoms with Gasteiger partial charge in [-0.3, -0.25) is 19.5 Å². The van der Waals surface area contributed by atoms with Crippen molar-refractivity contribution in [1.29, 1.82) is 5.26 Å². The number of carbonyl (C=O) groups excluding carboxylic acids is 2. The van der Waals surface area contributed by atoms with Gasteiger partial charge in [0.25, 0.3) is 11.7 Å². The number of benzene rings is 2. The van der Waals surface area contributed by atoms with Gasteiger partial charge in [-0.15, -0.1) is 0 Å². The van der Waals surface area contributed by atoms with Crippen LogP contribution in [0.5, 0.6) is 0 Å². The van der Waals surface area contributed by atoms with Gasteiger partial charge in [-0.2, -0.15) is 5.26 Å². The molecule has 1 saturated heterocycles. The maximum Gasteiger partial charge on any atom is 0.300 e. The topological polar surface area (TPSA) is 94.3 Å². The van der Waals surface area contributed by atoms with Gasteiger partial charge >= 0.3 is 0 Å². The first-order valence-electron chi connectivity index (χ1n) is 8.98. The molecule has 0 saturated carbocycles. The lowest BCUT2D eigenvalue weighted by Crippen LogP contribution is -2.29. The molecule has 2 aromatic carbocycles. The zero-order chi connectivity index (χ0) is 21.3. The number of halogens is 1. The van der Waals surface area contributed by atoms with Gasteiger partial charge in [0.05, 0.1) is 23.2 Å². The molecule has 146 valence electrons. The van der Waals surface area contributed by atoms with E-state index in [1.165, 1.54) is 41.6 Å². The smallest absolute Gasteiger partial charge is 0.300 e. The highest BCUT2D eigenvalue weighted by atomic mass is 19.1. The van der Waals surface area contributed by atoms with E-state index in [-0.39, 0.29) is 11.1 Å². The van der Waals surface area contributed by atoms with Crippen LogP contribution in [-0.2, 0) is 9.59 Å². The van der Waals surface area contributed by atoms with Crippen molar-refractivity contribution in [1.82, 2.24) is 4.98 Å². The second-order valence-corrected chi connectivity index (χ2v) is 6.62. The van der Waals surface area contributed by atoms with Gasteiger partial charge in [-0.05, 0) is 66.2 Å². The SMILES string of the molecule is N#Cc1ccc(N2C(=O)C(=O)/C(=C(\O)c3ccc(F)cc3)C2c2ccncc2)cc1. The third-order valence-electron chi connectivity index (χ3n) is 4.86. The predicted octanol–water partition coefficient (Wildman–Crippen LogP) is 3.72. The fourth-order valence-electron chi connectivity index (χ4n) is 3.42. The lowest BCUT2D eigenvalue weighted by atomic mass is 9.95. The molecule has 3 aromatic rings. The number of rotatable bonds is 3. The first-order valence-corrected chi connectivity index (χ1v) is 8.98. The summed E-state index contributed by atoms with van der Waals surface area (Å²) in [5.41, 5.74) is 1.48. The minimum absolute atomic E-state index is 0.109. The van der Waals surface area contributed by atoms with Crippen LogP contribution in [0.25, 0.3) is 5.76 Å². The number of nitriles is 1. The molecule has 1 atom stereocenters. The van der Waals surface area contributed by atoms with Gasteiger partial charge in [0.15, 0.2) is 0 Å². The Kier molecular flexibility index (Phi) is 4.82. The fourth-order valence-corrected chi connectivity index (χ4v) is 3.42. The number of nitrogens with zero attached hydrogens (tertiary/aromatic N) is 3. The number of anilines is 1. The highest BCUT2D eigenvalue weighted by Crippen LogP contribution is 2.41. The molecule has 1 N–H and O–H groups in total. The predicted molar refractivity (Wildman–Crippen MR) is 107 cm³/mol. The van der Waals surface area contributed by atoms with E-state index in [0.717, 1.165) is 12.1 Å². The van der Waals surface area contributed by atoms with Gasteiger partial charge in [0.1, 0.15) is 11.6 Å². The van der Waals surface area contributed by atoms with Crippen molar-refractivity contribution in [2.45, 2.75) is 6.04 Å². The van der Waals surface area contributed by atoms with E-state index in [9.17, 15) is 19.1 Å². The van der Waals surface area contributed by atoms with Crippen LogP contribution >= 0.6 is 0 Å². The summed E-state index contributed by atoms with van der Waals surface area (Å²) in [5, 5.41) is 19.9. The Balaban J connectivity index is 1.92. The van der Waals surface area contributed by atoms with Crippen molar-refractivity contribution in [2.24, 2.45) is 0 Å². The number of hydrogen-bond acceptors (Lipinski definition) is 5. The summed E-state index contributed by atoms with van der Waals surface area (Å²) in [7, 11) is 0. The van der Waals surface area contributed by atoms with Crippen LogP contribution in [0.15, 0.2) is 78.6 Å². The first-order chi connectivity index (χ1) is 14.5.